The lowest BCUT2D eigenvalue weighted by Gasteiger charge is -1.90. The molecule has 3 heteroatoms. The molecule has 0 rings (SSSR count). The average Bonchev–Trinajstić information content (AvgIpc) is 1.91. The SMILES string of the molecule is CCCCCCN.O=CO. The first-order valence-corrected chi connectivity index (χ1v) is 3.61. The summed E-state index contributed by atoms with van der Waals surface area (Å²) >= 11 is 0. The Labute approximate surface area is 62.2 Å². The van der Waals surface area contributed by atoms with Crippen molar-refractivity contribution >= 4 is 6.47 Å². The zero-order valence-corrected chi connectivity index (χ0v) is 6.55. The van der Waals surface area contributed by atoms with Gasteiger partial charge in [0.05, 0.1) is 0 Å². The van der Waals surface area contributed by atoms with Crippen LogP contribution in [0.25, 0.3) is 0 Å². The normalized spacial score (nSPS) is 7.80. The highest BCUT2D eigenvalue weighted by Gasteiger charge is 1.80. The maximum absolute atomic E-state index is 8.36. The molecule has 0 saturated carbocycles. The van der Waals surface area contributed by atoms with Crippen molar-refractivity contribution in [2.75, 3.05) is 6.54 Å². The zero-order chi connectivity index (χ0) is 8.24. The molecule has 3 nitrogen and oxygen atoms in total. The first-order chi connectivity index (χ1) is 4.83. The standard InChI is InChI=1S/C6H15N.CH2O2/c1-2-3-4-5-6-7;2-1-3/h2-7H2,1H3;1H,(H,2,3). The van der Waals surface area contributed by atoms with E-state index in [1.54, 1.807) is 0 Å². The predicted molar refractivity (Wildman–Crippen MR) is 41.9 cm³/mol. The van der Waals surface area contributed by atoms with Crippen molar-refractivity contribution in [2.24, 2.45) is 5.73 Å². The number of rotatable bonds is 4. The highest BCUT2D eigenvalue weighted by atomic mass is 16.3. The maximum atomic E-state index is 8.36. The fourth-order valence-electron chi connectivity index (χ4n) is 0.571. The molecule has 0 saturated heterocycles. The summed E-state index contributed by atoms with van der Waals surface area (Å²) < 4.78 is 0. The number of unbranched alkanes of at least 4 members (excludes halogenated alkanes) is 3. The minimum atomic E-state index is -0.250. The number of nitrogens with two attached hydrogens (primary N) is 1. The van der Waals surface area contributed by atoms with E-state index in [2.05, 4.69) is 6.92 Å². The second-order valence-electron chi connectivity index (χ2n) is 1.95. The van der Waals surface area contributed by atoms with Crippen LogP contribution in [-0.2, 0) is 4.79 Å². The van der Waals surface area contributed by atoms with Crippen molar-refractivity contribution < 1.29 is 9.90 Å². The van der Waals surface area contributed by atoms with Crippen LogP contribution in [-0.4, -0.2) is 18.1 Å². The molecule has 0 aliphatic carbocycles. The van der Waals surface area contributed by atoms with E-state index in [0.29, 0.717) is 0 Å². The molecule has 0 aromatic rings. The molecular weight excluding hydrogens is 130 g/mol. The fourth-order valence-corrected chi connectivity index (χ4v) is 0.571. The van der Waals surface area contributed by atoms with Crippen LogP contribution < -0.4 is 5.73 Å². The number of hydrogen-bond acceptors (Lipinski definition) is 2. The number of carboxylic acid groups (broad SMARTS) is 1. The monoisotopic (exact) mass is 147 g/mol. The summed E-state index contributed by atoms with van der Waals surface area (Å²) in [6.07, 6.45) is 5.16. The van der Waals surface area contributed by atoms with Crippen molar-refractivity contribution in [3.8, 4) is 0 Å². The quantitative estimate of drug-likeness (QED) is 0.464. The molecule has 0 atom stereocenters. The van der Waals surface area contributed by atoms with E-state index < -0.39 is 0 Å². The number of carbonyl (C=O) groups is 1. The Morgan fingerprint density at radius 1 is 1.40 bits per heavy atom. The van der Waals surface area contributed by atoms with Gasteiger partial charge in [-0.3, -0.25) is 4.79 Å². The van der Waals surface area contributed by atoms with E-state index in [4.69, 9.17) is 15.6 Å². The molecule has 0 aliphatic heterocycles. The topological polar surface area (TPSA) is 63.3 Å². The second kappa shape index (κ2) is 15.8. The predicted octanol–water partition coefficient (Wildman–Crippen LogP) is 1.23. The van der Waals surface area contributed by atoms with Gasteiger partial charge in [-0.05, 0) is 13.0 Å². The van der Waals surface area contributed by atoms with Gasteiger partial charge in [0.25, 0.3) is 6.47 Å². The van der Waals surface area contributed by atoms with Crippen LogP contribution in [0.3, 0.4) is 0 Å². The number of hydrogen-bond donors (Lipinski definition) is 2. The van der Waals surface area contributed by atoms with Crippen LogP contribution in [0.1, 0.15) is 32.6 Å². The van der Waals surface area contributed by atoms with Crippen molar-refractivity contribution in [1.82, 2.24) is 0 Å². The summed E-state index contributed by atoms with van der Waals surface area (Å²) in [5, 5.41) is 6.89. The Morgan fingerprint density at radius 3 is 2.20 bits per heavy atom. The van der Waals surface area contributed by atoms with Gasteiger partial charge < -0.3 is 10.8 Å². The van der Waals surface area contributed by atoms with E-state index in [1.807, 2.05) is 0 Å². The molecular formula is C7H17NO2. The summed E-state index contributed by atoms with van der Waals surface area (Å²) in [6, 6.07) is 0. The van der Waals surface area contributed by atoms with Gasteiger partial charge in [-0.1, -0.05) is 26.2 Å². The summed E-state index contributed by atoms with van der Waals surface area (Å²) in [5.41, 5.74) is 5.27. The molecule has 0 bridgehead atoms. The molecule has 62 valence electrons. The Morgan fingerprint density at radius 2 is 1.90 bits per heavy atom. The van der Waals surface area contributed by atoms with Crippen molar-refractivity contribution in [3.63, 3.8) is 0 Å². The minimum absolute atomic E-state index is 0.250. The van der Waals surface area contributed by atoms with Crippen molar-refractivity contribution in [1.29, 1.82) is 0 Å². The lowest BCUT2D eigenvalue weighted by atomic mass is 10.2. The average molecular weight is 147 g/mol. The Hall–Kier alpha value is -0.570. The summed E-state index contributed by atoms with van der Waals surface area (Å²) in [7, 11) is 0. The maximum Gasteiger partial charge on any atom is 0.290 e. The van der Waals surface area contributed by atoms with Gasteiger partial charge in [-0.15, -0.1) is 0 Å². The van der Waals surface area contributed by atoms with Gasteiger partial charge in [-0.25, -0.2) is 0 Å². The Kier molecular flexibility index (Phi) is 19.2. The first kappa shape index (κ1) is 12.1. The summed E-state index contributed by atoms with van der Waals surface area (Å²) in [4.78, 5) is 8.36. The van der Waals surface area contributed by atoms with Crippen LogP contribution in [0.2, 0.25) is 0 Å². The molecule has 0 spiro atoms. The van der Waals surface area contributed by atoms with E-state index in [-0.39, 0.29) is 6.47 Å². The van der Waals surface area contributed by atoms with E-state index in [9.17, 15) is 0 Å². The fraction of sp³-hybridized carbons (Fsp3) is 0.857. The minimum Gasteiger partial charge on any atom is -0.483 e. The van der Waals surface area contributed by atoms with E-state index in [0.717, 1.165) is 6.54 Å². The smallest absolute Gasteiger partial charge is 0.290 e. The third kappa shape index (κ3) is 26.1. The Bertz CT molecular complexity index is 53.6. The Balaban J connectivity index is 0. The van der Waals surface area contributed by atoms with Crippen LogP contribution in [0.5, 0.6) is 0 Å². The van der Waals surface area contributed by atoms with Gasteiger partial charge in [-0.2, -0.15) is 0 Å². The van der Waals surface area contributed by atoms with Crippen LogP contribution in [0.15, 0.2) is 0 Å². The van der Waals surface area contributed by atoms with Crippen LogP contribution >= 0.6 is 0 Å². The molecule has 0 radical (unpaired) electrons. The molecule has 0 aromatic heterocycles. The molecule has 0 unspecified atom stereocenters. The molecule has 10 heavy (non-hydrogen) atoms. The van der Waals surface area contributed by atoms with Gasteiger partial charge in [0, 0.05) is 0 Å². The third-order valence-electron chi connectivity index (χ3n) is 1.06. The van der Waals surface area contributed by atoms with Crippen molar-refractivity contribution in [2.45, 2.75) is 32.6 Å². The first-order valence-electron chi connectivity index (χ1n) is 3.61. The summed E-state index contributed by atoms with van der Waals surface area (Å²) in [6.45, 7) is 2.82. The zero-order valence-electron chi connectivity index (χ0n) is 6.55. The van der Waals surface area contributed by atoms with Crippen molar-refractivity contribution in [3.05, 3.63) is 0 Å². The summed E-state index contributed by atoms with van der Waals surface area (Å²) in [5.74, 6) is 0. The van der Waals surface area contributed by atoms with E-state index in [1.165, 1.54) is 25.7 Å². The molecule has 0 heterocycles. The van der Waals surface area contributed by atoms with Gasteiger partial charge in [0.1, 0.15) is 0 Å². The lowest BCUT2D eigenvalue weighted by Crippen LogP contribution is -1.97. The second-order valence-corrected chi connectivity index (χ2v) is 1.95. The van der Waals surface area contributed by atoms with Gasteiger partial charge >= 0.3 is 0 Å². The highest BCUT2D eigenvalue weighted by Crippen LogP contribution is 1.95. The van der Waals surface area contributed by atoms with Gasteiger partial charge in [0.15, 0.2) is 0 Å². The lowest BCUT2D eigenvalue weighted by molar-refractivity contribution is -0.122. The third-order valence-corrected chi connectivity index (χ3v) is 1.06. The largest absolute Gasteiger partial charge is 0.483 e. The molecule has 0 amide bonds. The van der Waals surface area contributed by atoms with E-state index >= 15 is 0 Å². The van der Waals surface area contributed by atoms with Gasteiger partial charge in [0.2, 0.25) is 0 Å². The molecule has 0 aromatic carbocycles. The van der Waals surface area contributed by atoms with Crippen LogP contribution in [0.4, 0.5) is 0 Å². The molecule has 0 fully saturated rings. The molecule has 3 N–H and O–H groups in total. The molecule has 0 aliphatic rings. The van der Waals surface area contributed by atoms with Crippen LogP contribution in [0, 0.1) is 0 Å². The highest BCUT2D eigenvalue weighted by molar-refractivity contribution is 5.32.